The zero-order valence-corrected chi connectivity index (χ0v) is 21.6. The molecule has 3 heterocycles. The van der Waals surface area contributed by atoms with Crippen molar-refractivity contribution in [2.24, 2.45) is 14.1 Å². The molecule has 0 unspecified atom stereocenters. The molecule has 1 aliphatic rings. The highest BCUT2D eigenvalue weighted by Gasteiger charge is 2.51. The van der Waals surface area contributed by atoms with Crippen LogP contribution in [0.15, 0.2) is 63.1 Å². The van der Waals surface area contributed by atoms with E-state index in [2.05, 4.69) is 25.9 Å². The number of aryl methyl sites for hydroxylation is 2. The van der Waals surface area contributed by atoms with Gasteiger partial charge < -0.3 is 18.4 Å². The minimum atomic E-state index is -0.468. The summed E-state index contributed by atoms with van der Waals surface area (Å²) in [6.07, 6.45) is 3.05. The summed E-state index contributed by atoms with van der Waals surface area (Å²) in [6.45, 7) is 8.03. The Bertz CT molecular complexity index is 1490. The van der Waals surface area contributed by atoms with Gasteiger partial charge in [-0.1, -0.05) is 22.0 Å². The Morgan fingerprint density at radius 1 is 0.794 bits per heavy atom. The molecule has 0 radical (unpaired) electrons. The molecule has 176 valence electrons. The van der Waals surface area contributed by atoms with E-state index in [1.807, 2.05) is 58.0 Å². The van der Waals surface area contributed by atoms with E-state index >= 15 is 0 Å². The summed E-state index contributed by atoms with van der Waals surface area (Å²) in [6, 6.07) is 11.0. The van der Waals surface area contributed by atoms with Crippen LogP contribution in [-0.2, 0) is 23.4 Å². The SMILES string of the molecule is Cn1cnc2ccc(B3OC(C)(C)C(C)(C)O3)cc2c1=O.Cn1cnc2ccc(Br)cc2c1=O. The van der Waals surface area contributed by atoms with Gasteiger partial charge in [0.15, 0.2) is 0 Å². The van der Waals surface area contributed by atoms with Crippen molar-refractivity contribution in [1.29, 1.82) is 0 Å². The predicted octanol–water partition coefficient (Wildman–Crippen LogP) is 2.93. The second-order valence-electron chi connectivity index (χ2n) is 9.35. The fraction of sp³-hybridized carbons (Fsp3) is 0.333. The first-order valence-electron chi connectivity index (χ1n) is 10.8. The lowest BCUT2D eigenvalue weighted by Crippen LogP contribution is -2.41. The zero-order chi connectivity index (χ0) is 24.8. The average molecular weight is 525 g/mol. The Hall–Kier alpha value is -2.82. The maximum atomic E-state index is 12.2. The molecule has 0 N–H and O–H groups in total. The largest absolute Gasteiger partial charge is 0.494 e. The normalized spacial score (nSPS) is 16.5. The molecule has 0 spiro atoms. The Morgan fingerprint density at radius 3 is 1.79 bits per heavy atom. The van der Waals surface area contributed by atoms with E-state index in [4.69, 9.17) is 9.31 Å². The summed E-state index contributed by atoms with van der Waals surface area (Å²) in [4.78, 5) is 32.1. The van der Waals surface area contributed by atoms with Gasteiger partial charge in [0.05, 0.1) is 45.7 Å². The minimum Gasteiger partial charge on any atom is -0.399 e. The monoisotopic (exact) mass is 524 g/mol. The number of fused-ring (bicyclic) bond motifs is 2. The molecular weight excluding hydrogens is 499 g/mol. The first kappa shape index (κ1) is 24.3. The van der Waals surface area contributed by atoms with Gasteiger partial charge in [-0.05, 0) is 63.5 Å². The molecule has 1 saturated heterocycles. The van der Waals surface area contributed by atoms with Crippen molar-refractivity contribution in [3.63, 3.8) is 0 Å². The van der Waals surface area contributed by atoms with Crippen LogP contribution >= 0.6 is 15.9 Å². The molecule has 5 rings (SSSR count). The molecule has 1 fully saturated rings. The summed E-state index contributed by atoms with van der Waals surface area (Å²) < 4.78 is 15.9. The number of halogens is 1. The summed E-state index contributed by atoms with van der Waals surface area (Å²) in [7, 11) is 2.91. The maximum Gasteiger partial charge on any atom is 0.494 e. The molecule has 2 aromatic heterocycles. The van der Waals surface area contributed by atoms with Gasteiger partial charge in [-0.15, -0.1) is 0 Å². The van der Waals surface area contributed by atoms with Crippen LogP contribution in [0.2, 0.25) is 0 Å². The summed E-state index contributed by atoms with van der Waals surface area (Å²) >= 11 is 3.32. The van der Waals surface area contributed by atoms with Gasteiger partial charge in [0.25, 0.3) is 11.1 Å². The third kappa shape index (κ3) is 4.45. The lowest BCUT2D eigenvalue weighted by atomic mass is 9.78. The van der Waals surface area contributed by atoms with Crippen LogP contribution in [0, 0.1) is 0 Å². The second kappa shape index (κ2) is 8.76. The van der Waals surface area contributed by atoms with Gasteiger partial charge in [0.2, 0.25) is 0 Å². The maximum absolute atomic E-state index is 12.2. The molecule has 1 aliphatic heterocycles. The molecule has 0 atom stereocenters. The third-order valence-corrected chi connectivity index (χ3v) is 6.84. The van der Waals surface area contributed by atoms with Crippen LogP contribution < -0.4 is 16.6 Å². The molecule has 0 bridgehead atoms. The van der Waals surface area contributed by atoms with E-state index in [-0.39, 0.29) is 11.1 Å². The van der Waals surface area contributed by atoms with E-state index in [1.54, 1.807) is 20.2 Å². The number of aromatic nitrogens is 4. The molecular formula is C24H26BBrN4O4. The lowest BCUT2D eigenvalue weighted by molar-refractivity contribution is 0.00578. The number of hydrogen-bond acceptors (Lipinski definition) is 6. The number of benzene rings is 2. The van der Waals surface area contributed by atoms with Crippen molar-refractivity contribution in [3.8, 4) is 0 Å². The fourth-order valence-corrected chi connectivity index (χ4v) is 3.90. The molecule has 0 amide bonds. The standard InChI is InChI=1S/C15H19BN2O3.C9H7BrN2O/c1-14(2)15(3,4)21-16(20-14)10-6-7-12-11(8-10)13(19)18(5)9-17-12;1-12-5-11-8-3-2-6(10)4-7(8)9(12)13/h6-9H,1-5H3;2-5H,1H3. The first-order valence-corrected chi connectivity index (χ1v) is 11.6. The average Bonchev–Trinajstić information content (AvgIpc) is 3.01. The van der Waals surface area contributed by atoms with Gasteiger partial charge >= 0.3 is 7.12 Å². The molecule has 0 aliphatic carbocycles. The predicted molar refractivity (Wildman–Crippen MR) is 137 cm³/mol. The quantitative estimate of drug-likeness (QED) is 0.356. The third-order valence-electron chi connectivity index (χ3n) is 6.35. The van der Waals surface area contributed by atoms with Crippen molar-refractivity contribution in [2.45, 2.75) is 38.9 Å². The van der Waals surface area contributed by atoms with Crippen LogP contribution in [0.5, 0.6) is 0 Å². The van der Waals surface area contributed by atoms with Crippen LogP contribution in [0.3, 0.4) is 0 Å². The Morgan fingerprint density at radius 2 is 1.26 bits per heavy atom. The van der Waals surface area contributed by atoms with Gasteiger partial charge in [-0.2, -0.15) is 0 Å². The summed E-state index contributed by atoms with van der Waals surface area (Å²) in [5.74, 6) is 0. The Kier molecular flexibility index (Phi) is 6.26. The smallest absolute Gasteiger partial charge is 0.399 e. The highest BCUT2D eigenvalue weighted by Crippen LogP contribution is 2.36. The zero-order valence-electron chi connectivity index (χ0n) is 20.0. The van der Waals surface area contributed by atoms with Gasteiger partial charge in [0.1, 0.15) is 0 Å². The molecule has 0 saturated carbocycles. The van der Waals surface area contributed by atoms with Crippen molar-refractivity contribution in [2.75, 3.05) is 0 Å². The lowest BCUT2D eigenvalue weighted by Gasteiger charge is -2.32. The molecule has 34 heavy (non-hydrogen) atoms. The van der Waals surface area contributed by atoms with E-state index in [0.29, 0.717) is 16.3 Å². The molecule has 4 aromatic rings. The molecule has 10 heteroatoms. The van der Waals surface area contributed by atoms with Crippen LogP contribution in [-0.4, -0.2) is 37.4 Å². The first-order chi connectivity index (χ1) is 15.9. The fourth-order valence-electron chi connectivity index (χ4n) is 3.54. The van der Waals surface area contributed by atoms with E-state index in [0.717, 1.165) is 15.5 Å². The van der Waals surface area contributed by atoms with Crippen molar-refractivity contribution >= 4 is 50.3 Å². The highest BCUT2D eigenvalue weighted by atomic mass is 79.9. The highest BCUT2D eigenvalue weighted by molar-refractivity contribution is 9.10. The Balaban J connectivity index is 0.000000180. The van der Waals surface area contributed by atoms with E-state index in [9.17, 15) is 9.59 Å². The Labute approximate surface area is 205 Å². The van der Waals surface area contributed by atoms with Crippen LogP contribution in [0.25, 0.3) is 21.8 Å². The van der Waals surface area contributed by atoms with E-state index < -0.39 is 18.3 Å². The van der Waals surface area contributed by atoms with Gasteiger partial charge in [-0.25, -0.2) is 9.97 Å². The number of hydrogen-bond donors (Lipinski definition) is 0. The van der Waals surface area contributed by atoms with Crippen LogP contribution in [0.4, 0.5) is 0 Å². The van der Waals surface area contributed by atoms with Gasteiger partial charge in [-0.3, -0.25) is 9.59 Å². The van der Waals surface area contributed by atoms with Crippen molar-refractivity contribution in [1.82, 2.24) is 19.1 Å². The van der Waals surface area contributed by atoms with Crippen LogP contribution in [0.1, 0.15) is 27.7 Å². The molecule has 2 aromatic carbocycles. The number of rotatable bonds is 1. The van der Waals surface area contributed by atoms with Crippen molar-refractivity contribution in [3.05, 3.63) is 74.2 Å². The minimum absolute atomic E-state index is 0.0219. The van der Waals surface area contributed by atoms with E-state index in [1.165, 1.54) is 21.8 Å². The number of nitrogens with zero attached hydrogens (tertiary/aromatic N) is 4. The topological polar surface area (TPSA) is 88.2 Å². The molecule has 8 nitrogen and oxygen atoms in total. The summed E-state index contributed by atoms with van der Waals surface area (Å²) in [5, 5.41) is 1.21. The second-order valence-corrected chi connectivity index (χ2v) is 10.3. The van der Waals surface area contributed by atoms with Crippen molar-refractivity contribution < 1.29 is 9.31 Å². The summed E-state index contributed by atoms with van der Waals surface area (Å²) in [5.41, 5.74) is 1.36. The van der Waals surface area contributed by atoms with Gasteiger partial charge in [0, 0.05) is 18.6 Å².